The number of nitrogens with zero attached hydrogens (tertiary/aromatic N) is 2. The molecule has 0 spiro atoms. The Bertz CT molecular complexity index is 776. The minimum Gasteiger partial charge on any atom is -0.488 e. The van der Waals surface area contributed by atoms with Crippen LogP contribution in [-0.4, -0.2) is 48.5 Å². The second-order valence-electron chi connectivity index (χ2n) is 7.05. The van der Waals surface area contributed by atoms with E-state index in [0.717, 1.165) is 12.2 Å². The Hall–Kier alpha value is -2.45. The predicted octanol–water partition coefficient (Wildman–Crippen LogP) is 1.09. The van der Waals surface area contributed by atoms with Crippen molar-refractivity contribution < 1.29 is 18.8 Å². The van der Waals surface area contributed by atoms with Crippen molar-refractivity contribution in [2.24, 2.45) is 0 Å². The summed E-state index contributed by atoms with van der Waals surface area (Å²) in [5.74, 6) is 1.92. The number of ether oxygens (including phenoxy) is 2. The van der Waals surface area contributed by atoms with E-state index in [0.29, 0.717) is 44.3 Å². The smallest absolute Gasteiger partial charge is 0.247 e. The summed E-state index contributed by atoms with van der Waals surface area (Å²) in [7, 11) is 0. The van der Waals surface area contributed by atoms with Gasteiger partial charge in [0.25, 0.3) is 0 Å². The number of amides is 1. The van der Waals surface area contributed by atoms with Crippen molar-refractivity contribution in [3.63, 3.8) is 0 Å². The van der Waals surface area contributed by atoms with Crippen LogP contribution in [0, 0.1) is 6.92 Å². The molecule has 2 aliphatic heterocycles. The molecule has 8 nitrogen and oxygen atoms in total. The SMILES string of the molecule is Cc1noc(C2(NCC(=O)NCC3Cc4ccccc4O3)CCOCC2)n1. The maximum atomic E-state index is 12.4. The van der Waals surface area contributed by atoms with Gasteiger partial charge in [-0.15, -0.1) is 0 Å². The van der Waals surface area contributed by atoms with Crippen LogP contribution in [0.2, 0.25) is 0 Å². The van der Waals surface area contributed by atoms with E-state index in [1.165, 1.54) is 5.56 Å². The summed E-state index contributed by atoms with van der Waals surface area (Å²) in [5, 5.41) is 10.2. The Kier molecular flexibility index (Phi) is 5.09. The molecule has 4 rings (SSSR count). The molecule has 2 N–H and O–H groups in total. The number of hydrogen-bond donors (Lipinski definition) is 2. The molecular formula is C19H24N4O4. The second kappa shape index (κ2) is 7.66. The average molecular weight is 372 g/mol. The van der Waals surface area contributed by atoms with Gasteiger partial charge in [-0.25, -0.2) is 0 Å². The molecule has 3 heterocycles. The van der Waals surface area contributed by atoms with E-state index in [4.69, 9.17) is 14.0 Å². The van der Waals surface area contributed by atoms with Crippen molar-refractivity contribution in [1.29, 1.82) is 0 Å². The van der Waals surface area contributed by atoms with Crippen LogP contribution in [0.3, 0.4) is 0 Å². The second-order valence-corrected chi connectivity index (χ2v) is 7.05. The van der Waals surface area contributed by atoms with Crippen molar-refractivity contribution in [3.8, 4) is 5.75 Å². The summed E-state index contributed by atoms with van der Waals surface area (Å²) in [5.41, 5.74) is 0.666. The fraction of sp³-hybridized carbons (Fsp3) is 0.526. The van der Waals surface area contributed by atoms with Gasteiger partial charge in [0, 0.05) is 19.6 Å². The third-order valence-corrected chi connectivity index (χ3v) is 5.11. The number of nitrogens with one attached hydrogen (secondary N) is 2. The van der Waals surface area contributed by atoms with Gasteiger partial charge in [-0.1, -0.05) is 23.4 Å². The van der Waals surface area contributed by atoms with Crippen molar-refractivity contribution >= 4 is 5.91 Å². The third-order valence-electron chi connectivity index (χ3n) is 5.11. The van der Waals surface area contributed by atoms with Crippen LogP contribution < -0.4 is 15.4 Å². The lowest BCUT2D eigenvalue weighted by atomic mass is 9.89. The summed E-state index contributed by atoms with van der Waals surface area (Å²) in [6.07, 6.45) is 2.15. The normalized spacial score (nSPS) is 20.7. The molecular weight excluding hydrogens is 348 g/mol. The minimum absolute atomic E-state index is 0.0259. The molecule has 0 saturated carbocycles. The van der Waals surface area contributed by atoms with Gasteiger partial charge in [0.1, 0.15) is 17.4 Å². The summed E-state index contributed by atoms with van der Waals surface area (Å²) in [4.78, 5) is 16.7. The minimum atomic E-state index is -0.517. The van der Waals surface area contributed by atoms with Crippen LogP contribution in [0.15, 0.2) is 28.8 Å². The Morgan fingerprint density at radius 2 is 2.11 bits per heavy atom. The van der Waals surface area contributed by atoms with Crippen LogP contribution in [-0.2, 0) is 21.5 Å². The Morgan fingerprint density at radius 3 is 2.85 bits per heavy atom. The zero-order chi connectivity index (χ0) is 18.7. The van der Waals surface area contributed by atoms with Gasteiger partial charge >= 0.3 is 0 Å². The maximum absolute atomic E-state index is 12.4. The van der Waals surface area contributed by atoms with Crippen LogP contribution in [0.5, 0.6) is 5.75 Å². The molecule has 0 radical (unpaired) electrons. The molecule has 0 bridgehead atoms. The Morgan fingerprint density at radius 1 is 1.30 bits per heavy atom. The van der Waals surface area contributed by atoms with E-state index in [1.807, 2.05) is 18.2 Å². The van der Waals surface area contributed by atoms with Gasteiger partial charge in [0.2, 0.25) is 11.8 Å². The lowest BCUT2D eigenvalue weighted by Gasteiger charge is -2.34. The predicted molar refractivity (Wildman–Crippen MR) is 96.3 cm³/mol. The largest absolute Gasteiger partial charge is 0.488 e. The highest BCUT2D eigenvalue weighted by atomic mass is 16.5. The molecule has 144 valence electrons. The standard InChI is InChI=1S/C19H24N4O4/c1-13-22-18(27-23-13)19(6-8-25-9-7-19)21-12-17(24)20-11-15-10-14-4-2-3-5-16(14)26-15/h2-5,15,21H,6-12H2,1H3,(H,20,24). The van der Waals surface area contributed by atoms with Gasteiger partial charge in [-0.3, -0.25) is 10.1 Å². The molecule has 27 heavy (non-hydrogen) atoms. The third kappa shape index (κ3) is 3.96. The zero-order valence-corrected chi connectivity index (χ0v) is 15.4. The first-order valence-corrected chi connectivity index (χ1v) is 9.29. The molecule has 1 saturated heterocycles. The highest BCUT2D eigenvalue weighted by Gasteiger charge is 2.39. The van der Waals surface area contributed by atoms with Crippen molar-refractivity contribution in [3.05, 3.63) is 41.5 Å². The van der Waals surface area contributed by atoms with Crippen LogP contribution >= 0.6 is 0 Å². The average Bonchev–Trinajstić information content (AvgIpc) is 3.31. The summed E-state index contributed by atoms with van der Waals surface area (Å²) >= 11 is 0. The monoisotopic (exact) mass is 372 g/mol. The molecule has 1 aromatic heterocycles. The Labute approximate surface area is 157 Å². The van der Waals surface area contributed by atoms with Gasteiger partial charge < -0.3 is 19.3 Å². The number of carbonyl (C=O) groups excluding carboxylic acids is 1. The Balaban J connectivity index is 1.30. The van der Waals surface area contributed by atoms with Crippen molar-refractivity contribution in [2.75, 3.05) is 26.3 Å². The van der Waals surface area contributed by atoms with Crippen LogP contribution in [0.4, 0.5) is 0 Å². The highest BCUT2D eigenvalue weighted by Crippen LogP contribution is 2.31. The number of rotatable bonds is 6. The number of hydrogen-bond acceptors (Lipinski definition) is 7. The molecule has 2 aliphatic rings. The van der Waals surface area contributed by atoms with Crippen LogP contribution in [0.25, 0.3) is 0 Å². The van der Waals surface area contributed by atoms with Gasteiger partial charge in [-0.2, -0.15) is 4.98 Å². The molecule has 1 fully saturated rings. The van der Waals surface area contributed by atoms with E-state index in [2.05, 4.69) is 26.8 Å². The first kappa shape index (κ1) is 17.9. The van der Waals surface area contributed by atoms with Crippen molar-refractivity contribution in [2.45, 2.75) is 37.8 Å². The summed E-state index contributed by atoms with van der Waals surface area (Å²) in [6, 6.07) is 7.97. The number of aromatic nitrogens is 2. The van der Waals surface area contributed by atoms with Gasteiger partial charge in [-0.05, 0) is 31.4 Å². The van der Waals surface area contributed by atoms with Crippen LogP contribution in [0.1, 0.15) is 30.1 Å². The van der Waals surface area contributed by atoms with E-state index >= 15 is 0 Å². The molecule has 1 amide bonds. The fourth-order valence-corrected chi connectivity index (χ4v) is 3.58. The van der Waals surface area contributed by atoms with Gasteiger partial charge in [0.05, 0.1) is 13.1 Å². The number of para-hydroxylation sites is 1. The maximum Gasteiger partial charge on any atom is 0.247 e. The van der Waals surface area contributed by atoms with E-state index in [-0.39, 0.29) is 18.6 Å². The zero-order valence-electron chi connectivity index (χ0n) is 15.4. The van der Waals surface area contributed by atoms with Gasteiger partial charge in [0.15, 0.2) is 5.82 Å². The van der Waals surface area contributed by atoms with Crippen molar-refractivity contribution in [1.82, 2.24) is 20.8 Å². The topological polar surface area (TPSA) is 98.5 Å². The number of fused-ring (bicyclic) bond motifs is 1. The highest BCUT2D eigenvalue weighted by molar-refractivity contribution is 5.78. The number of carbonyl (C=O) groups is 1. The molecule has 1 aromatic carbocycles. The lowest BCUT2D eigenvalue weighted by molar-refractivity contribution is -0.121. The summed E-state index contributed by atoms with van der Waals surface area (Å²) in [6.45, 7) is 3.60. The number of benzene rings is 1. The first-order valence-electron chi connectivity index (χ1n) is 9.29. The first-order chi connectivity index (χ1) is 13.1. The summed E-state index contributed by atoms with van der Waals surface area (Å²) < 4.78 is 16.7. The molecule has 8 heteroatoms. The van der Waals surface area contributed by atoms with E-state index in [9.17, 15) is 4.79 Å². The lowest BCUT2D eigenvalue weighted by Crippen LogP contribution is -2.51. The quantitative estimate of drug-likeness (QED) is 0.783. The molecule has 1 unspecified atom stereocenters. The molecule has 2 aromatic rings. The molecule has 0 aliphatic carbocycles. The number of aryl methyl sites for hydroxylation is 1. The van der Waals surface area contributed by atoms with E-state index in [1.54, 1.807) is 6.92 Å². The fourth-order valence-electron chi connectivity index (χ4n) is 3.58. The van der Waals surface area contributed by atoms with E-state index < -0.39 is 5.54 Å². The molecule has 1 atom stereocenters.